The second-order valence-corrected chi connectivity index (χ2v) is 4.63. The number of nitrogens with zero attached hydrogens (tertiary/aromatic N) is 3. The maximum atomic E-state index is 10.4. The lowest BCUT2D eigenvalue weighted by Crippen LogP contribution is -2.12. The molecule has 0 aromatic carbocycles. The van der Waals surface area contributed by atoms with Crippen LogP contribution < -0.4 is 0 Å². The van der Waals surface area contributed by atoms with E-state index in [1.807, 2.05) is 4.57 Å². The molecule has 0 aliphatic rings. The van der Waals surface area contributed by atoms with Crippen molar-refractivity contribution in [1.29, 1.82) is 0 Å². The Morgan fingerprint density at radius 3 is 2.80 bits per heavy atom. The van der Waals surface area contributed by atoms with Crippen molar-refractivity contribution < 1.29 is 9.90 Å². The number of rotatable bonds is 5. The maximum absolute atomic E-state index is 10.4. The van der Waals surface area contributed by atoms with Gasteiger partial charge in [0.15, 0.2) is 5.16 Å². The Morgan fingerprint density at radius 2 is 2.27 bits per heavy atom. The molecule has 1 aromatic heterocycles. The van der Waals surface area contributed by atoms with Gasteiger partial charge in [-0.05, 0) is 12.8 Å². The first kappa shape index (κ1) is 12.0. The van der Waals surface area contributed by atoms with E-state index in [9.17, 15) is 4.79 Å². The molecule has 0 fully saturated rings. The Bertz CT molecular complexity index is 338. The predicted molar refractivity (Wildman–Crippen MR) is 57.9 cm³/mol. The molecule has 84 valence electrons. The fraction of sp³-hybridized carbons (Fsp3) is 0.667. The number of aliphatic carboxylic acids is 1. The topological polar surface area (TPSA) is 68.0 Å². The molecular weight excluding hydrogens is 214 g/mol. The molecule has 0 spiro atoms. The third-order valence-electron chi connectivity index (χ3n) is 2.27. The van der Waals surface area contributed by atoms with Crippen molar-refractivity contribution in [1.82, 2.24) is 14.8 Å². The summed E-state index contributed by atoms with van der Waals surface area (Å²) in [5.41, 5.74) is 0. The monoisotopic (exact) mass is 229 g/mol. The molecule has 6 heteroatoms. The van der Waals surface area contributed by atoms with Crippen molar-refractivity contribution >= 4 is 17.7 Å². The number of aromatic nitrogens is 3. The highest BCUT2D eigenvalue weighted by Gasteiger charge is 2.15. The van der Waals surface area contributed by atoms with Gasteiger partial charge in [0.25, 0.3) is 0 Å². The first-order valence-electron chi connectivity index (χ1n) is 4.76. The Hall–Kier alpha value is -1.04. The van der Waals surface area contributed by atoms with Crippen LogP contribution in [0.5, 0.6) is 0 Å². The van der Waals surface area contributed by atoms with E-state index in [1.54, 1.807) is 6.33 Å². The lowest BCUT2D eigenvalue weighted by atomic mass is 10.1. The molecule has 0 aliphatic heterocycles. The SMILES string of the molecule is CC(C)C(C)n1cnnc1SCC(=O)O. The largest absolute Gasteiger partial charge is 0.481 e. The van der Waals surface area contributed by atoms with Gasteiger partial charge in [0, 0.05) is 6.04 Å². The van der Waals surface area contributed by atoms with Crippen LogP contribution in [0.3, 0.4) is 0 Å². The highest BCUT2D eigenvalue weighted by atomic mass is 32.2. The van der Waals surface area contributed by atoms with Gasteiger partial charge < -0.3 is 9.67 Å². The van der Waals surface area contributed by atoms with Crippen molar-refractivity contribution in [2.45, 2.75) is 32.0 Å². The summed E-state index contributed by atoms with van der Waals surface area (Å²) in [6.07, 6.45) is 1.65. The van der Waals surface area contributed by atoms with Gasteiger partial charge in [0.2, 0.25) is 0 Å². The molecule has 1 unspecified atom stereocenters. The molecule has 0 saturated carbocycles. The maximum Gasteiger partial charge on any atom is 0.313 e. The summed E-state index contributed by atoms with van der Waals surface area (Å²) in [5.74, 6) is -0.360. The fourth-order valence-corrected chi connectivity index (χ4v) is 1.78. The number of hydrogen-bond acceptors (Lipinski definition) is 4. The molecule has 0 aliphatic carbocycles. The van der Waals surface area contributed by atoms with Gasteiger partial charge in [-0.3, -0.25) is 4.79 Å². The van der Waals surface area contributed by atoms with Crippen molar-refractivity contribution in [3.63, 3.8) is 0 Å². The minimum atomic E-state index is -0.841. The van der Waals surface area contributed by atoms with Gasteiger partial charge in [-0.2, -0.15) is 0 Å². The van der Waals surface area contributed by atoms with E-state index >= 15 is 0 Å². The highest BCUT2D eigenvalue weighted by molar-refractivity contribution is 7.99. The van der Waals surface area contributed by atoms with Crippen LogP contribution in [-0.2, 0) is 4.79 Å². The Balaban J connectivity index is 2.73. The van der Waals surface area contributed by atoms with Crippen LogP contribution in [0.1, 0.15) is 26.8 Å². The first-order chi connectivity index (χ1) is 7.02. The standard InChI is InChI=1S/C9H15N3O2S/c1-6(2)7(3)12-5-10-11-9(12)15-4-8(13)14/h5-7H,4H2,1-3H3,(H,13,14). The average molecular weight is 229 g/mol. The summed E-state index contributed by atoms with van der Waals surface area (Å²) >= 11 is 1.20. The zero-order valence-electron chi connectivity index (χ0n) is 9.04. The second kappa shape index (κ2) is 5.16. The summed E-state index contributed by atoms with van der Waals surface area (Å²) in [5, 5.41) is 16.9. The van der Waals surface area contributed by atoms with E-state index in [1.165, 1.54) is 11.8 Å². The smallest absolute Gasteiger partial charge is 0.313 e. The highest BCUT2D eigenvalue weighted by Crippen LogP contribution is 2.23. The molecule has 5 nitrogen and oxygen atoms in total. The Labute approximate surface area is 92.9 Å². The van der Waals surface area contributed by atoms with Gasteiger partial charge in [-0.15, -0.1) is 10.2 Å². The molecule has 1 atom stereocenters. The third kappa shape index (κ3) is 3.23. The van der Waals surface area contributed by atoms with Gasteiger partial charge in [0.05, 0.1) is 5.75 Å². The molecule has 0 bridgehead atoms. The second-order valence-electron chi connectivity index (χ2n) is 3.69. The number of carboxylic acid groups (broad SMARTS) is 1. The van der Waals surface area contributed by atoms with Crippen LogP contribution in [0, 0.1) is 5.92 Å². The van der Waals surface area contributed by atoms with E-state index in [0.29, 0.717) is 11.1 Å². The molecule has 1 N–H and O–H groups in total. The van der Waals surface area contributed by atoms with Crippen molar-refractivity contribution in [2.24, 2.45) is 5.92 Å². The molecule has 1 heterocycles. The van der Waals surface area contributed by atoms with E-state index in [4.69, 9.17) is 5.11 Å². The molecule has 0 radical (unpaired) electrons. The zero-order chi connectivity index (χ0) is 11.4. The van der Waals surface area contributed by atoms with Crippen LogP contribution in [0.15, 0.2) is 11.5 Å². The molecule has 1 aromatic rings. The summed E-state index contributed by atoms with van der Waals surface area (Å²) in [6, 6.07) is 0.274. The molecule has 0 saturated heterocycles. The third-order valence-corrected chi connectivity index (χ3v) is 3.21. The molecular formula is C9H15N3O2S. The van der Waals surface area contributed by atoms with Crippen LogP contribution in [0.2, 0.25) is 0 Å². The first-order valence-corrected chi connectivity index (χ1v) is 5.75. The zero-order valence-corrected chi connectivity index (χ0v) is 9.86. The average Bonchev–Trinajstić information content (AvgIpc) is 2.60. The van der Waals surface area contributed by atoms with Crippen LogP contribution >= 0.6 is 11.8 Å². The minimum absolute atomic E-state index is 0.0174. The van der Waals surface area contributed by atoms with Crippen molar-refractivity contribution in [2.75, 3.05) is 5.75 Å². The Morgan fingerprint density at radius 1 is 1.60 bits per heavy atom. The normalized spacial score (nSPS) is 13.1. The van der Waals surface area contributed by atoms with E-state index in [2.05, 4.69) is 31.0 Å². The molecule has 1 rings (SSSR count). The van der Waals surface area contributed by atoms with Crippen LogP contribution in [-0.4, -0.2) is 31.6 Å². The summed E-state index contributed by atoms with van der Waals surface area (Å²) < 4.78 is 1.91. The lowest BCUT2D eigenvalue weighted by molar-refractivity contribution is -0.133. The molecule has 15 heavy (non-hydrogen) atoms. The summed E-state index contributed by atoms with van der Waals surface area (Å²) in [6.45, 7) is 6.28. The van der Waals surface area contributed by atoms with Crippen molar-refractivity contribution in [3.05, 3.63) is 6.33 Å². The lowest BCUT2D eigenvalue weighted by Gasteiger charge is -2.18. The summed E-state index contributed by atoms with van der Waals surface area (Å²) in [4.78, 5) is 10.4. The van der Waals surface area contributed by atoms with E-state index in [0.717, 1.165) is 0 Å². The van der Waals surface area contributed by atoms with Crippen LogP contribution in [0.25, 0.3) is 0 Å². The van der Waals surface area contributed by atoms with Gasteiger partial charge in [0.1, 0.15) is 6.33 Å². The quantitative estimate of drug-likeness (QED) is 0.778. The number of thioether (sulfide) groups is 1. The number of carboxylic acids is 1. The van der Waals surface area contributed by atoms with Gasteiger partial charge in [-0.25, -0.2) is 0 Å². The fourth-order valence-electron chi connectivity index (χ4n) is 1.06. The van der Waals surface area contributed by atoms with Crippen molar-refractivity contribution in [3.8, 4) is 0 Å². The number of hydrogen-bond donors (Lipinski definition) is 1. The molecule has 0 amide bonds. The van der Waals surface area contributed by atoms with Crippen LogP contribution in [0.4, 0.5) is 0 Å². The van der Waals surface area contributed by atoms with E-state index in [-0.39, 0.29) is 11.8 Å². The van der Waals surface area contributed by atoms with E-state index < -0.39 is 5.97 Å². The van der Waals surface area contributed by atoms with Gasteiger partial charge >= 0.3 is 5.97 Å². The summed E-state index contributed by atoms with van der Waals surface area (Å²) in [7, 11) is 0. The van der Waals surface area contributed by atoms with Gasteiger partial charge in [-0.1, -0.05) is 25.6 Å². The predicted octanol–water partition coefficient (Wildman–Crippen LogP) is 1.67. The minimum Gasteiger partial charge on any atom is -0.481 e. The number of carbonyl (C=O) groups is 1. The Kier molecular flexibility index (Phi) is 4.14.